The topological polar surface area (TPSA) is 18.5 Å². The lowest BCUT2D eigenvalue weighted by Gasteiger charge is -2.06. The van der Waals surface area contributed by atoms with Crippen LogP contribution in [0.2, 0.25) is 0 Å². The number of halogens is 1. The minimum atomic E-state index is -0.642. The molecule has 2 nitrogen and oxygen atoms in total. The van der Waals surface area contributed by atoms with E-state index in [9.17, 15) is 4.39 Å². The van der Waals surface area contributed by atoms with Crippen molar-refractivity contribution in [3.05, 3.63) is 29.8 Å². The third kappa shape index (κ3) is 9.46. The highest BCUT2D eigenvalue weighted by atomic mass is 19.1. The second-order valence-electron chi connectivity index (χ2n) is 5.59. The first-order chi connectivity index (χ1) is 10.2. The molecule has 0 aliphatic carbocycles. The minimum Gasteiger partial charge on any atom is -0.497 e. The number of hydrogen-bond donors (Lipinski definition) is 0. The van der Waals surface area contributed by atoms with Crippen LogP contribution in [0, 0.1) is 0 Å². The van der Waals surface area contributed by atoms with Crippen LogP contribution < -0.4 is 4.74 Å². The summed E-state index contributed by atoms with van der Waals surface area (Å²) in [6.45, 7) is 3.12. The summed E-state index contributed by atoms with van der Waals surface area (Å²) in [4.78, 5) is 0. The Hall–Kier alpha value is -1.09. The molecule has 0 saturated heterocycles. The van der Waals surface area contributed by atoms with Crippen LogP contribution >= 0.6 is 0 Å². The molecule has 1 aromatic rings. The van der Waals surface area contributed by atoms with Crippen molar-refractivity contribution in [3.63, 3.8) is 0 Å². The summed E-state index contributed by atoms with van der Waals surface area (Å²) in [5.41, 5.74) is 1.18. The predicted octanol–water partition coefficient (Wildman–Crippen LogP) is 5.30. The fourth-order valence-corrected chi connectivity index (χ4v) is 2.25. The van der Waals surface area contributed by atoms with E-state index >= 15 is 0 Å². The summed E-state index contributed by atoms with van der Waals surface area (Å²) >= 11 is 0. The van der Waals surface area contributed by atoms with Crippen molar-refractivity contribution in [2.75, 3.05) is 13.7 Å². The van der Waals surface area contributed by atoms with Crippen LogP contribution in [0.15, 0.2) is 24.3 Å². The zero-order chi connectivity index (χ0) is 15.3. The maximum Gasteiger partial charge on any atom is 0.118 e. The Kier molecular flexibility index (Phi) is 9.88. The fraction of sp³-hybridized carbons (Fsp3) is 0.667. The van der Waals surface area contributed by atoms with Gasteiger partial charge < -0.3 is 9.47 Å². The first-order valence-corrected chi connectivity index (χ1v) is 8.07. The molecule has 1 unspecified atom stereocenters. The van der Waals surface area contributed by atoms with Crippen molar-refractivity contribution >= 4 is 0 Å². The highest BCUT2D eigenvalue weighted by molar-refractivity contribution is 5.26. The van der Waals surface area contributed by atoms with Crippen LogP contribution in [0.5, 0.6) is 5.75 Å². The molecule has 0 spiro atoms. The molecule has 120 valence electrons. The van der Waals surface area contributed by atoms with Crippen molar-refractivity contribution in [1.29, 1.82) is 0 Å². The molecule has 0 aromatic heterocycles. The monoisotopic (exact) mass is 296 g/mol. The molecule has 21 heavy (non-hydrogen) atoms. The molecule has 0 radical (unpaired) electrons. The van der Waals surface area contributed by atoms with Crippen molar-refractivity contribution in [2.45, 2.75) is 64.6 Å². The first-order valence-electron chi connectivity index (χ1n) is 8.07. The van der Waals surface area contributed by atoms with Crippen LogP contribution in [-0.4, -0.2) is 19.9 Å². The molecule has 0 saturated carbocycles. The van der Waals surface area contributed by atoms with Crippen molar-refractivity contribution in [1.82, 2.24) is 0 Å². The largest absolute Gasteiger partial charge is 0.497 e. The predicted molar refractivity (Wildman–Crippen MR) is 85.5 cm³/mol. The lowest BCUT2D eigenvalue weighted by molar-refractivity contribution is 0.116. The van der Waals surface area contributed by atoms with E-state index in [1.807, 2.05) is 24.3 Å². The second kappa shape index (κ2) is 11.6. The Labute approximate surface area is 128 Å². The van der Waals surface area contributed by atoms with Gasteiger partial charge >= 0.3 is 0 Å². The number of unbranched alkanes of at least 4 members (excludes halogenated alkanes) is 5. The van der Waals surface area contributed by atoms with Gasteiger partial charge in [0, 0.05) is 6.61 Å². The number of rotatable bonds is 12. The minimum absolute atomic E-state index is 0.642. The average molecular weight is 296 g/mol. The van der Waals surface area contributed by atoms with E-state index in [1.165, 1.54) is 24.8 Å². The molecule has 0 aliphatic rings. The quantitative estimate of drug-likeness (QED) is 0.487. The molecule has 0 aliphatic heterocycles. The van der Waals surface area contributed by atoms with Gasteiger partial charge in [-0.3, -0.25) is 0 Å². The van der Waals surface area contributed by atoms with Crippen LogP contribution in [-0.2, 0) is 11.3 Å². The molecular formula is C18H29FO2. The zero-order valence-corrected chi connectivity index (χ0v) is 13.4. The summed E-state index contributed by atoms with van der Waals surface area (Å²) in [7, 11) is 1.67. The maximum absolute atomic E-state index is 12.6. The number of methoxy groups -OCH3 is 1. The van der Waals surface area contributed by atoms with Crippen molar-refractivity contribution in [3.8, 4) is 5.75 Å². The van der Waals surface area contributed by atoms with E-state index < -0.39 is 6.17 Å². The summed E-state index contributed by atoms with van der Waals surface area (Å²) < 4.78 is 23.4. The summed E-state index contributed by atoms with van der Waals surface area (Å²) in [6, 6.07) is 7.98. The van der Waals surface area contributed by atoms with Gasteiger partial charge in [-0.2, -0.15) is 0 Å². The average Bonchev–Trinajstić information content (AvgIpc) is 2.49. The molecule has 0 heterocycles. The van der Waals surface area contributed by atoms with Gasteiger partial charge in [-0.05, 0) is 37.5 Å². The Morgan fingerprint density at radius 2 is 1.57 bits per heavy atom. The van der Waals surface area contributed by atoms with E-state index in [1.54, 1.807) is 14.0 Å². The van der Waals surface area contributed by atoms with E-state index in [-0.39, 0.29) is 0 Å². The highest BCUT2D eigenvalue weighted by Gasteiger charge is 1.98. The van der Waals surface area contributed by atoms with Gasteiger partial charge in [0.1, 0.15) is 5.75 Å². The molecule has 1 atom stereocenters. The van der Waals surface area contributed by atoms with E-state index in [2.05, 4.69) is 0 Å². The molecule has 1 aromatic carbocycles. The van der Waals surface area contributed by atoms with Gasteiger partial charge in [0.25, 0.3) is 0 Å². The third-order valence-electron chi connectivity index (χ3n) is 3.57. The summed E-state index contributed by atoms with van der Waals surface area (Å²) in [6.07, 6.45) is 7.00. The zero-order valence-electron chi connectivity index (χ0n) is 13.4. The standard InChI is InChI=1S/C18H29FO2/c1-16(19)9-7-5-3-4-6-8-14-21-15-17-10-12-18(20-2)13-11-17/h10-13,16H,3-9,14-15H2,1-2H3. The van der Waals surface area contributed by atoms with Crippen LogP contribution in [0.25, 0.3) is 0 Å². The summed E-state index contributed by atoms with van der Waals surface area (Å²) in [5.74, 6) is 0.876. The van der Waals surface area contributed by atoms with Crippen molar-refractivity contribution in [2.24, 2.45) is 0 Å². The lowest BCUT2D eigenvalue weighted by Crippen LogP contribution is -1.96. The van der Waals surface area contributed by atoms with Gasteiger partial charge in [-0.25, -0.2) is 4.39 Å². The van der Waals surface area contributed by atoms with Gasteiger partial charge in [0.2, 0.25) is 0 Å². The van der Waals surface area contributed by atoms with Crippen molar-refractivity contribution < 1.29 is 13.9 Å². The molecule has 3 heteroatoms. The molecule has 0 N–H and O–H groups in total. The Morgan fingerprint density at radius 3 is 2.19 bits per heavy atom. The Morgan fingerprint density at radius 1 is 0.952 bits per heavy atom. The van der Waals surface area contributed by atoms with Crippen LogP contribution in [0.1, 0.15) is 57.4 Å². The van der Waals surface area contributed by atoms with E-state index in [0.29, 0.717) is 13.0 Å². The highest BCUT2D eigenvalue weighted by Crippen LogP contribution is 2.13. The number of hydrogen-bond acceptors (Lipinski definition) is 2. The third-order valence-corrected chi connectivity index (χ3v) is 3.57. The number of alkyl halides is 1. The normalized spacial score (nSPS) is 12.3. The van der Waals surface area contributed by atoms with E-state index in [4.69, 9.17) is 9.47 Å². The smallest absolute Gasteiger partial charge is 0.118 e. The molecule has 1 rings (SSSR count). The van der Waals surface area contributed by atoms with Crippen LogP contribution in [0.3, 0.4) is 0 Å². The second-order valence-corrected chi connectivity index (χ2v) is 5.59. The van der Waals surface area contributed by atoms with Crippen LogP contribution in [0.4, 0.5) is 4.39 Å². The maximum atomic E-state index is 12.6. The number of ether oxygens (including phenoxy) is 2. The van der Waals surface area contributed by atoms with Gasteiger partial charge in [0.05, 0.1) is 19.9 Å². The molecular weight excluding hydrogens is 267 g/mol. The van der Waals surface area contributed by atoms with E-state index in [0.717, 1.165) is 31.6 Å². The van der Waals surface area contributed by atoms with Gasteiger partial charge in [-0.15, -0.1) is 0 Å². The molecule has 0 bridgehead atoms. The Balaban J connectivity index is 1.90. The SMILES string of the molecule is COc1ccc(COCCCCCCCCC(C)F)cc1. The summed E-state index contributed by atoms with van der Waals surface area (Å²) in [5, 5.41) is 0. The fourth-order valence-electron chi connectivity index (χ4n) is 2.25. The first kappa shape index (κ1) is 18.0. The van der Waals surface area contributed by atoms with Gasteiger partial charge in [-0.1, -0.05) is 44.2 Å². The Bertz CT molecular complexity index is 349. The molecule has 0 amide bonds. The molecule has 0 fully saturated rings. The van der Waals surface area contributed by atoms with Gasteiger partial charge in [0.15, 0.2) is 0 Å². The lowest BCUT2D eigenvalue weighted by atomic mass is 10.1. The number of benzene rings is 1.